The summed E-state index contributed by atoms with van der Waals surface area (Å²) >= 11 is 0. The maximum Gasteiger partial charge on any atom is 0.336 e. The summed E-state index contributed by atoms with van der Waals surface area (Å²) in [5.74, 6) is -6.64. The molecule has 0 bridgehead atoms. The first-order valence-electron chi connectivity index (χ1n) is 26.9. The first-order valence-corrected chi connectivity index (χ1v) is 26.9. The number of amidine groups is 1. The van der Waals surface area contributed by atoms with E-state index in [1.165, 1.54) is 69.3 Å². The molecule has 1 aliphatic carbocycles. The van der Waals surface area contributed by atoms with Crippen molar-refractivity contribution in [2.45, 2.75) is 147 Å². The number of benzene rings is 3. The van der Waals surface area contributed by atoms with Crippen LogP contribution >= 0.6 is 0 Å². The molecule has 440 valence electrons. The van der Waals surface area contributed by atoms with Crippen LogP contribution in [-0.4, -0.2) is 131 Å². The number of nitrogens with zero attached hydrogens (tertiary/aromatic N) is 1. The Morgan fingerprint density at radius 3 is 1.67 bits per heavy atom. The first-order chi connectivity index (χ1) is 38.4. The highest BCUT2D eigenvalue weighted by molar-refractivity contribution is 6.09. The summed E-state index contributed by atoms with van der Waals surface area (Å²) in [7, 11) is 0. The van der Waals surface area contributed by atoms with E-state index >= 15 is 0 Å². The van der Waals surface area contributed by atoms with Gasteiger partial charge in [0.25, 0.3) is 5.91 Å². The van der Waals surface area contributed by atoms with E-state index in [1.54, 1.807) is 0 Å². The number of phenolic OH excluding ortho intramolecular Hbond substituents is 1. The number of guanidine groups is 1. The second kappa shape index (κ2) is 31.8. The van der Waals surface area contributed by atoms with Crippen molar-refractivity contribution < 1.29 is 53.0 Å². The van der Waals surface area contributed by atoms with Crippen molar-refractivity contribution in [2.75, 3.05) is 19.6 Å². The number of carbonyl (C=O) groups excluding carboxylic acids is 7. The zero-order valence-corrected chi connectivity index (χ0v) is 46.2. The van der Waals surface area contributed by atoms with Gasteiger partial charge in [0.1, 0.15) is 53.3 Å². The van der Waals surface area contributed by atoms with Crippen molar-refractivity contribution in [1.82, 2.24) is 37.2 Å². The molecule has 81 heavy (non-hydrogen) atoms. The van der Waals surface area contributed by atoms with Gasteiger partial charge in [-0.1, -0.05) is 12.5 Å². The molecular formula is C55H78N14O12. The maximum absolute atomic E-state index is 14.1. The second-order valence-electron chi connectivity index (χ2n) is 19.9. The average molecular weight is 1130 g/mol. The number of nitrogens with two attached hydrogens (primary N) is 5. The van der Waals surface area contributed by atoms with Gasteiger partial charge in [0, 0.05) is 53.2 Å². The minimum atomic E-state index is -1.40. The van der Waals surface area contributed by atoms with E-state index in [0.717, 1.165) is 6.07 Å². The third kappa shape index (κ3) is 20.2. The summed E-state index contributed by atoms with van der Waals surface area (Å²) < 4.78 is 5.88. The van der Waals surface area contributed by atoms with Crippen molar-refractivity contribution in [3.63, 3.8) is 0 Å². The molecule has 1 heterocycles. The van der Waals surface area contributed by atoms with E-state index in [1.807, 2.05) is 6.92 Å². The highest BCUT2D eigenvalue weighted by Crippen LogP contribution is 2.42. The Hall–Kier alpha value is -8.65. The molecular weight excluding hydrogens is 1050 g/mol. The Morgan fingerprint density at radius 1 is 0.593 bits per heavy atom. The molecule has 2 aromatic rings. The van der Waals surface area contributed by atoms with Crippen molar-refractivity contribution in [2.24, 2.45) is 33.7 Å². The van der Waals surface area contributed by atoms with Crippen LogP contribution in [0.4, 0.5) is 0 Å². The van der Waals surface area contributed by atoms with E-state index < -0.39 is 83.6 Å². The van der Waals surface area contributed by atoms with Crippen LogP contribution in [0.1, 0.15) is 125 Å². The number of fused-ring (bicyclic) bond motifs is 2. The summed E-state index contributed by atoms with van der Waals surface area (Å²) in [4.78, 5) is 125. The smallest absolute Gasteiger partial charge is 0.336 e. The van der Waals surface area contributed by atoms with E-state index in [-0.39, 0.29) is 89.3 Å². The molecule has 7 amide bonds. The molecule has 20 N–H and O–H groups in total. The zero-order valence-electron chi connectivity index (χ0n) is 46.2. The summed E-state index contributed by atoms with van der Waals surface area (Å²) in [6.07, 6.45) is 5.06. The Labute approximate surface area is 468 Å². The lowest BCUT2D eigenvalue weighted by atomic mass is 9.90. The highest BCUT2D eigenvalue weighted by atomic mass is 16.4. The number of carbonyl (C=O) groups is 8. The molecule has 26 heteroatoms. The molecule has 2 aromatic carbocycles. The number of rotatable bonds is 33. The number of aliphatic imine (C=N–C) groups is 1. The second-order valence-corrected chi connectivity index (χ2v) is 19.9. The van der Waals surface area contributed by atoms with Crippen LogP contribution in [-0.2, 0) is 28.8 Å². The summed E-state index contributed by atoms with van der Waals surface area (Å²) in [6.45, 7) is 6.59. The number of hydrogen-bond acceptors (Lipinski definition) is 15. The third-order valence-electron chi connectivity index (χ3n) is 13.2. The van der Waals surface area contributed by atoms with Gasteiger partial charge in [0.05, 0.1) is 11.4 Å². The number of amides is 7. The SMILES string of the molecule is CC(CCCCC(=N)N)NC(=O)[C@H](CCCCN)NC(=O)C(CCCCN)NC(=O)[C@H](CCCN=C(N)N)NC(=O)C(C)NC(=O)[C@H](C)NC(=O)C(C)NC(=O)c1ccc(-c2c3ccc(=O)cc-3oc3cc(O)ccc23)c(C(=O)O)c1. The largest absolute Gasteiger partial charge is 0.508 e. The van der Waals surface area contributed by atoms with Crippen molar-refractivity contribution in [3.8, 4) is 28.2 Å². The fourth-order valence-electron chi connectivity index (χ4n) is 8.70. The lowest BCUT2D eigenvalue weighted by Gasteiger charge is -2.27. The number of aromatic carboxylic acids is 1. The van der Waals surface area contributed by atoms with E-state index in [0.29, 0.717) is 81.0 Å². The molecule has 1 aliphatic heterocycles. The Kier molecular flexibility index (Phi) is 25.5. The number of phenols is 1. The highest BCUT2D eigenvalue weighted by Gasteiger charge is 2.32. The molecule has 0 saturated carbocycles. The van der Waals surface area contributed by atoms with Gasteiger partial charge in [-0.25, -0.2) is 4.79 Å². The van der Waals surface area contributed by atoms with Gasteiger partial charge >= 0.3 is 5.97 Å². The molecule has 0 spiro atoms. The minimum absolute atomic E-state index is 0.0211. The lowest BCUT2D eigenvalue weighted by molar-refractivity contribution is -0.135. The van der Waals surface area contributed by atoms with Crippen LogP contribution in [0, 0.1) is 5.41 Å². The molecule has 4 unspecified atom stereocenters. The van der Waals surface area contributed by atoms with Gasteiger partial charge in [-0.2, -0.15) is 0 Å². The van der Waals surface area contributed by atoms with Crippen LogP contribution in [0.25, 0.3) is 33.4 Å². The fourth-order valence-corrected chi connectivity index (χ4v) is 8.70. The van der Waals surface area contributed by atoms with Gasteiger partial charge in [-0.15, -0.1) is 0 Å². The molecule has 0 saturated heterocycles. The predicted molar refractivity (Wildman–Crippen MR) is 305 cm³/mol. The Balaban J connectivity index is 1.43. The number of hydrogen-bond donors (Lipinski definition) is 15. The van der Waals surface area contributed by atoms with Crippen LogP contribution in [0.2, 0.25) is 0 Å². The molecule has 7 atom stereocenters. The van der Waals surface area contributed by atoms with Crippen LogP contribution in [0.3, 0.4) is 0 Å². The summed E-state index contributed by atoms with van der Waals surface area (Å²) in [6, 6.07) is 4.58. The Bertz CT molecular complexity index is 2940. The van der Waals surface area contributed by atoms with Gasteiger partial charge in [-0.05, 0) is 147 Å². The standard InChI is InChI=1S/C55H78N14O12/c1-29(12-5-6-16-45(58)59)63-51(76)40(13-7-9-23-56)68-52(77)41(14-8-10-24-57)69-53(78)42(15-11-25-62-55(60)61)67-49(74)32(4)65-47(72)30(2)64-48(73)31(3)66-50(75)33-17-20-36(39(26-33)54(79)80)46-37-21-18-34(70)27-43(37)81-44-28-35(71)19-22-38(44)46/h17-22,26-32,40-42,70H,5-16,23-25,56-57H2,1-4H3,(H3,58,59)(H,63,76)(H,64,73)(H,65,72)(H,66,75)(H,67,74)(H,68,77)(H,69,78)(H,79,80)(H4,60,61,62)/t29?,30-,31?,32?,40-,41?,42-/m0/s1. The number of carboxylic acids is 1. The van der Waals surface area contributed by atoms with E-state index in [2.05, 4.69) is 42.2 Å². The maximum atomic E-state index is 14.1. The van der Waals surface area contributed by atoms with Crippen molar-refractivity contribution in [3.05, 3.63) is 75.9 Å². The number of aromatic hydroxyl groups is 1. The molecule has 4 rings (SSSR count). The number of unbranched alkanes of at least 4 members (excludes halogenated alkanes) is 3. The third-order valence-corrected chi connectivity index (χ3v) is 13.2. The van der Waals surface area contributed by atoms with Crippen LogP contribution < -0.4 is 71.3 Å². The van der Waals surface area contributed by atoms with E-state index in [9.17, 15) is 53.4 Å². The number of nitrogens with one attached hydrogen (secondary N) is 8. The normalized spacial score (nSPS) is 13.7. The van der Waals surface area contributed by atoms with Gasteiger partial charge in [0.2, 0.25) is 35.4 Å². The minimum Gasteiger partial charge on any atom is -0.508 e. The topological polar surface area (TPSA) is 458 Å². The zero-order chi connectivity index (χ0) is 59.9. The molecule has 26 nitrogen and oxygen atoms in total. The van der Waals surface area contributed by atoms with Gasteiger partial charge < -0.3 is 80.5 Å². The van der Waals surface area contributed by atoms with Crippen LogP contribution in [0.5, 0.6) is 5.75 Å². The van der Waals surface area contributed by atoms with Gasteiger partial charge in [0.15, 0.2) is 11.4 Å². The molecule has 2 aliphatic rings. The molecule has 0 fully saturated rings. The lowest BCUT2D eigenvalue weighted by Crippen LogP contribution is -2.59. The van der Waals surface area contributed by atoms with Crippen LogP contribution in [0.15, 0.2) is 68.8 Å². The Morgan fingerprint density at radius 2 is 1.11 bits per heavy atom. The van der Waals surface area contributed by atoms with Crippen molar-refractivity contribution >= 4 is 70.1 Å². The first kappa shape index (κ1) is 64.9. The molecule has 0 radical (unpaired) electrons. The quantitative estimate of drug-likeness (QED) is 0.0136. The summed E-state index contributed by atoms with van der Waals surface area (Å²) in [5.41, 5.74) is 28.2. The predicted octanol–water partition coefficient (Wildman–Crippen LogP) is 0.863. The monoisotopic (exact) mass is 1130 g/mol. The summed E-state index contributed by atoms with van der Waals surface area (Å²) in [5, 5.41) is 46.9. The molecule has 0 aromatic heterocycles. The van der Waals surface area contributed by atoms with Gasteiger partial charge in [-0.3, -0.25) is 48.8 Å². The van der Waals surface area contributed by atoms with E-state index in [4.69, 9.17) is 38.5 Å². The van der Waals surface area contributed by atoms with Crippen molar-refractivity contribution in [1.29, 1.82) is 5.41 Å². The fraction of sp³-hybridized carbons (Fsp3) is 0.473. The average Bonchev–Trinajstić information content (AvgIpc) is 3.61. The number of carboxylic acid groups (broad SMARTS) is 1.